The van der Waals surface area contributed by atoms with Gasteiger partial charge in [0.05, 0.1) is 6.33 Å². The van der Waals surface area contributed by atoms with Gasteiger partial charge in [0.1, 0.15) is 0 Å². The molecule has 18 heavy (non-hydrogen) atoms. The Hall–Kier alpha value is -0.680. The predicted molar refractivity (Wildman–Crippen MR) is 75.2 cm³/mol. The third-order valence-corrected chi connectivity index (χ3v) is 5.21. The Balaban J connectivity index is 1.96. The van der Waals surface area contributed by atoms with Crippen LogP contribution in [0.2, 0.25) is 0 Å². The van der Waals surface area contributed by atoms with Crippen LogP contribution in [0.1, 0.15) is 37.8 Å². The minimum absolute atomic E-state index is 0.258. The van der Waals surface area contributed by atoms with Crippen molar-refractivity contribution in [2.24, 2.45) is 0 Å². The minimum atomic E-state index is -0.727. The summed E-state index contributed by atoms with van der Waals surface area (Å²) in [7, 11) is -0.727. The molecule has 1 aliphatic rings. The number of piperidine rings is 1. The largest absolute Gasteiger partial charge is 0.334 e. The Morgan fingerprint density at radius 1 is 1.56 bits per heavy atom. The van der Waals surface area contributed by atoms with Gasteiger partial charge in [-0.3, -0.25) is 4.21 Å². The van der Waals surface area contributed by atoms with Crippen LogP contribution in [0.3, 0.4) is 0 Å². The molecule has 0 amide bonds. The van der Waals surface area contributed by atoms with Crippen LogP contribution in [-0.2, 0) is 17.3 Å². The number of aryl methyl sites for hydroxylation is 1. The number of nitrogens with zero attached hydrogens (tertiary/aromatic N) is 2. The molecule has 4 nitrogen and oxygen atoms in total. The molecule has 1 N–H and O–H groups in total. The van der Waals surface area contributed by atoms with Gasteiger partial charge in [-0.1, -0.05) is 6.92 Å². The van der Waals surface area contributed by atoms with Crippen molar-refractivity contribution in [3.05, 3.63) is 18.2 Å². The van der Waals surface area contributed by atoms with Crippen LogP contribution >= 0.6 is 0 Å². The summed E-state index contributed by atoms with van der Waals surface area (Å²) in [4.78, 5) is 4.29. The summed E-state index contributed by atoms with van der Waals surface area (Å²) in [6.45, 7) is 5.19. The molecule has 1 saturated heterocycles. The van der Waals surface area contributed by atoms with E-state index in [2.05, 4.69) is 21.8 Å². The number of hydrogen-bond acceptors (Lipinski definition) is 3. The number of imidazole rings is 1. The zero-order valence-electron chi connectivity index (χ0n) is 11.3. The van der Waals surface area contributed by atoms with E-state index < -0.39 is 10.8 Å². The summed E-state index contributed by atoms with van der Waals surface area (Å²) in [5.41, 5.74) is 1.35. The van der Waals surface area contributed by atoms with E-state index in [1.54, 1.807) is 6.26 Å². The molecule has 2 rings (SSSR count). The second-order valence-corrected chi connectivity index (χ2v) is 6.94. The van der Waals surface area contributed by atoms with Gasteiger partial charge in [0.15, 0.2) is 0 Å². The molecule has 0 spiro atoms. The van der Waals surface area contributed by atoms with Crippen molar-refractivity contribution in [2.45, 2.75) is 43.9 Å². The Bertz CT molecular complexity index is 399. The Kier molecular flexibility index (Phi) is 4.95. The van der Waals surface area contributed by atoms with Crippen LogP contribution in [0.5, 0.6) is 0 Å². The molecular formula is C13H23N3OS. The van der Waals surface area contributed by atoms with Crippen molar-refractivity contribution in [2.75, 3.05) is 19.3 Å². The lowest BCUT2D eigenvalue weighted by Crippen LogP contribution is -2.27. The van der Waals surface area contributed by atoms with Gasteiger partial charge in [-0.05, 0) is 32.4 Å². The van der Waals surface area contributed by atoms with Gasteiger partial charge in [0.2, 0.25) is 0 Å². The van der Waals surface area contributed by atoms with Crippen molar-refractivity contribution >= 4 is 10.8 Å². The molecule has 5 heteroatoms. The monoisotopic (exact) mass is 269 g/mol. The molecule has 2 atom stereocenters. The maximum absolute atomic E-state index is 11.4. The second kappa shape index (κ2) is 6.48. The lowest BCUT2D eigenvalue weighted by molar-refractivity contribution is 0.436. The normalized spacial score (nSPS) is 20.8. The zero-order valence-corrected chi connectivity index (χ0v) is 12.1. The molecule has 2 unspecified atom stereocenters. The van der Waals surface area contributed by atoms with E-state index in [1.165, 1.54) is 18.5 Å². The molecule has 1 fully saturated rings. The molecule has 2 heterocycles. The van der Waals surface area contributed by atoms with Crippen LogP contribution in [0.4, 0.5) is 0 Å². The fraction of sp³-hybridized carbons (Fsp3) is 0.769. The number of hydrogen-bond donors (Lipinski definition) is 1. The quantitative estimate of drug-likeness (QED) is 0.881. The summed E-state index contributed by atoms with van der Waals surface area (Å²) in [6, 6.07) is 0. The maximum atomic E-state index is 11.4. The van der Waals surface area contributed by atoms with E-state index in [4.69, 9.17) is 0 Å². The highest BCUT2D eigenvalue weighted by atomic mass is 32.2. The third-order valence-electron chi connectivity index (χ3n) is 3.85. The lowest BCUT2D eigenvalue weighted by Gasteiger charge is -2.24. The van der Waals surface area contributed by atoms with Crippen LogP contribution in [0, 0.1) is 0 Å². The molecule has 0 radical (unpaired) electrons. The van der Waals surface area contributed by atoms with Crippen molar-refractivity contribution in [1.82, 2.24) is 14.9 Å². The third kappa shape index (κ3) is 3.42. The fourth-order valence-corrected chi connectivity index (χ4v) is 2.90. The smallest absolute Gasteiger partial charge is 0.0948 e. The Labute approximate surface area is 112 Å². The van der Waals surface area contributed by atoms with Gasteiger partial charge < -0.3 is 9.88 Å². The summed E-state index contributed by atoms with van der Waals surface area (Å²) >= 11 is 0. The molecule has 1 aromatic heterocycles. The van der Waals surface area contributed by atoms with Gasteiger partial charge in [-0.25, -0.2) is 4.98 Å². The van der Waals surface area contributed by atoms with E-state index in [1.807, 2.05) is 12.5 Å². The fourth-order valence-electron chi connectivity index (χ4n) is 2.46. The molecule has 0 aliphatic carbocycles. The molecule has 0 bridgehead atoms. The Morgan fingerprint density at radius 2 is 2.28 bits per heavy atom. The van der Waals surface area contributed by atoms with Crippen LogP contribution < -0.4 is 5.32 Å². The second-order valence-electron chi connectivity index (χ2n) is 5.13. The van der Waals surface area contributed by atoms with Gasteiger partial charge in [0.25, 0.3) is 0 Å². The number of rotatable bonds is 5. The van der Waals surface area contributed by atoms with Gasteiger partial charge in [0, 0.05) is 46.7 Å². The molecule has 1 aromatic rings. The van der Waals surface area contributed by atoms with E-state index in [9.17, 15) is 4.21 Å². The van der Waals surface area contributed by atoms with Gasteiger partial charge in [-0.2, -0.15) is 0 Å². The van der Waals surface area contributed by atoms with Crippen LogP contribution in [0.25, 0.3) is 0 Å². The highest BCUT2D eigenvalue weighted by molar-refractivity contribution is 7.84. The molecule has 1 aliphatic heterocycles. The van der Waals surface area contributed by atoms with Crippen molar-refractivity contribution in [3.8, 4) is 0 Å². The molecule has 102 valence electrons. The summed E-state index contributed by atoms with van der Waals surface area (Å²) in [6.07, 6.45) is 9.05. The van der Waals surface area contributed by atoms with Gasteiger partial charge >= 0.3 is 0 Å². The van der Waals surface area contributed by atoms with Crippen molar-refractivity contribution in [1.29, 1.82) is 0 Å². The molecule has 0 aromatic carbocycles. The summed E-state index contributed by atoms with van der Waals surface area (Å²) < 4.78 is 13.6. The average Bonchev–Trinajstić information content (AvgIpc) is 2.85. The Morgan fingerprint density at radius 3 is 2.94 bits per heavy atom. The minimum Gasteiger partial charge on any atom is -0.334 e. The van der Waals surface area contributed by atoms with E-state index in [0.29, 0.717) is 5.92 Å². The first-order chi connectivity index (χ1) is 8.68. The van der Waals surface area contributed by atoms with Crippen molar-refractivity contribution < 1.29 is 4.21 Å². The lowest BCUT2D eigenvalue weighted by atomic mass is 9.95. The van der Waals surface area contributed by atoms with Crippen LogP contribution in [-0.4, -0.2) is 38.4 Å². The zero-order chi connectivity index (χ0) is 13.0. The maximum Gasteiger partial charge on any atom is 0.0948 e. The molecule has 0 saturated carbocycles. The van der Waals surface area contributed by atoms with E-state index >= 15 is 0 Å². The average molecular weight is 269 g/mol. The highest BCUT2D eigenvalue weighted by Gasteiger charge is 2.19. The molecular weight excluding hydrogens is 246 g/mol. The number of nitrogens with one attached hydrogen (secondary N) is 1. The summed E-state index contributed by atoms with van der Waals surface area (Å²) in [5, 5.41) is 3.65. The first-order valence-electron chi connectivity index (χ1n) is 6.71. The first kappa shape index (κ1) is 13.7. The SMILES string of the molecule is CC(CCn1cncc1C1CCNCC1)S(C)=O. The topological polar surface area (TPSA) is 46.9 Å². The highest BCUT2D eigenvalue weighted by Crippen LogP contribution is 2.25. The first-order valence-corrected chi connectivity index (χ1v) is 8.33. The van der Waals surface area contributed by atoms with E-state index in [-0.39, 0.29) is 5.25 Å². The van der Waals surface area contributed by atoms with Gasteiger partial charge in [-0.15, -0.1) is 0 Å². The van der Waals surface area contributed by atoms with E-state index in [0.717, 1.165) is 26.1 Å². The standard InChI is InChI=1S/C13H23N3OS/c1-11(18(2)17)5-8-16-10-15-9-13(16)12-3-6-14-7-4-12/h9-12,14H,3-8H2,1-2H3. The predicted octanol–water partition coefficient (Wildman–Crippen LogP) is 1.51. The summed E-state index contributed by atoms with van der Waals surface area (Å²) in [5.74, 6) is 0.635. The number of aromatic nitrogens is 2. The van der Waals surface area contributed by atoms with Crippen LogP contribution in [0.15, 0.2) is 12.5 Å². The van der Waals surface area contributed by atoms with Crippen molar-refractivity contribution in [3.63, 3.8) is 0 Å².